The molecular formula is C15H16IN3O. The second-order valence-corrected chi connectivity index (χ2v) is 6.30. The Labute approximate surface area is 131 Å². The highest BCUT2D eigenvalue weighted by atomic mass is 127. The lowest BCUT2D eigenvalue weighted by Gasteiger charge is -2.12. The number of pyridine rings is 1. The highest BCUT2D eigenvalue weighted by Crippen LogP contribution is 2.34. The van der Waals surface area contributed by atoms with Crippen molar-refractivity contribution in [3.63, 3.8) is 0 Å². The minimum atomic E-state index is -0.00782. The Hall–Kier alpha value is -1.24. The van der Waals surface area contributed by atoms with Gasteiger partial charge in [-0.1, -0.05) is 12.8 Å². The molecule has 0 radical (unpaired) electrons. The summed E-state index contributed by atoms with van der Waals surface area (Å²) in [6.45, 7) is 0. The third-order valence-corrected chi connectivity index (χ3v) is 4.84. The maximum atomic E-state index is 12.1. The van der Waals surface area contributed by atoms with Crippen molar-refractivity contribution >= 4 is 22.6 Å². The van der Waals surface area contributed by atoms with Gasteiger partial charge in [-0.05, 0) is 53.1 Å². The fourth-order valence-corrected chi connectivity index (χ4v) is 3.47. The maximum Gasteiger partial charge on any atom is 0.264 e. The molecule has 1 aliphatic rings. The first-order valence-corrected chi connectivity index (χ1v) is 7.99. The standard InChI is InChI=1S/C15H16IN3O/c16-13-14(11-3-1-2-4-11)18-12(19-15(13)20)9-10-5-7-17-8-6-10/h5-8,11H,1-4,9H2,(H,18,19,20). The van der Waals surface area contributed by atoms with Crippen LogP contribution in [0.4, 0.5) is 0 Å². The summed E-state index contributed by atoms with van der Waals surface area (Å²) in [5.41, 5.74) is 2.10. The minimum absolute atomic E-state index is 0.00782. The number of H-pyrrole nitrogens is 1. The van der Waals surface area contributed by atoms with Crippen molar-refractivity contribution in [1.29, 1.82) is 0 Å². The summed E-state index contributed by atoms with van der Waals surface area (Å²) >= 11 is 2.13. The van der Waals surface area contributed by atoms with E-state index in [-0.39, 0.29) is 5.56 Å². The fraction of sp³-hybridized carbons (Fsp3) is 0.400. The van der Waals surface area contributed by atoms with Crippen LogP contribution in [0.3, 0.4) is 0 Å². The second-order valence-electron chi connectivity index (χ2n) is 5.23. The number of aromatic nitrogens is 3. The van der Waals surface area contributed by atoms with Gasteiger partial charge in [0.15, 0.2) is 0 Å². The van der Waals surface area contributed by atoms with Crippen LogP contribution in [0.25, 0.3) is 0 Å². The highest BCUT2D eigenvalue weighted by molar-refractivity contribution is 14.1. The molecule has 0 unspecified atom stereocenters. The molecule has 4 nitrogen and oxygen atoms in total. The van der Waals surface area contributed by atoms with E-state index in [9.17, 15) is 4.79 Å². The van der Waals surface area contributed by atoms with Gasteiger partial charge < -0.3 is 4.98 Å². The van der Waals surface area contributed by atoms with Crippen molar-refractivity contribution in [2.75, 3.05) is 0 Å². The molecule has 0 amide bonds. The van der Waals surface area contributed by atoms with Gasteiger partial charge in [0, 0.05) is 24.7 Å². The number of hydrogen-bond donors (Lipinski definition) is 1. The zero-order chi connectivity index (χ0) is 13.9. The molecular weight excluding hydrogens is 365 g/mol. The van der Waals surface area contributed by atoms with Gasteiger partial charge >= 0.3 is 0 Å². The molecule has 0 spiro atoms. The van der Waals surface area contributed by atoms with Gasteiger partial charge in [-0.2, -0.15) is 0 Å². The Balaban J connectivity index is 1.94. The Morgan fingerprint density at radius 1 is 1.25 bits per heavy atom. The van der Waals surface area contributed by atoms with E-state index in [1.165, 1.54) is 12.8 Å². The molecule has 3 rings (SSSR count). The summed E-state index contributed by atoms with van der Waals surface area (Å²) in [6.07, 6.45) is 8.97. The zero-order valence-electron chi connectivity index (χ0n) is 11.1. The van der Waals surface area contributed by atoms with E-state index in [0.29, 0.717) is 12.3 Å². The monoisotopic (exact) mass is 381 g/mol. The predicted octanol–water partition coefficient (Wildman–Crippen LogP) is 3.02. The van der Waals surface area contributed by atoms with Crippen LogP contribution < -0.4 is 5.56 Å². The van der Waals surface area contributed by atoms with Gasteiger partial charge in [0.1, 0.15) is 5.82 Å². The lowest BCUT2D eigenvalue weighted by molar-refractivity contribution is 0.677. The quantitative estimate of drug-likeness (QED) is 0.832. The lowest BCUT2D eigenvalue weighted by atomic mass is 10.0. The first-order valence-electron chi connectivity index (χ1n) is 6.91. The van der Waals surface area contributed by atoms with E-state index >= 15 is 0 Å². The summed E-state index contributed by atoms with van der Waals surface area (Å²) in [4.78, 5) is 23.7. The third kappa shape index (κ3) is 2.92. The van der Waals surface area contributed by atoms with Gasteiger partial charge in [0.05, 0.1) is 9.26 Å². The SMILES string of the molecule is O=c1[nH]c(Cc2ccncc2)nc(C2CCCC2)c1I. The summed E-state index contributed by atoms with van der Waals surface area (Å²) in [5, 5.41) is 0. The molecule has 2 aromatic rings. The average molecular weight is 381 g/mol. The minimum Gasteiger partial charge on any atom is -0.309 e. The van der Waals surface area contributed by atoms with Crippen LogP contribution in [0.5, 0.6) is 0 Å². The van der Waals surface area contributed by atoms with E-state index in [2.05, 4.69) is 32.6 Å². The van der Waals surface area contributed by atoms with Crippen LogP contribution in [0.15, 0.2) is 29.3 Å². The second kappa shape index (κ2) is 6.03. The van der Waals surface area contributed by atoms with Crippen molar-refractivity contribution in [3.8, 4) is 0 Å². The van der Waals surface area contributed by atoms with Crippen molar-refractivity contribution in [2.45, 2.75) is 38.0 Å². The molecule has 5 heteroatoms. The smallest absolute Gasteiger partial charge is 0.264 e. The van der Waals surface area contributed by atoms with E-state index in [0.717, 1.165) is 33.5 Å². The van der Waals surface area contributed by atoms with Crippen LogP contribution in [-0.2, 0) is 6.42 Å². The van der Waals surface area contributed by atoms with Crippen LogP contribution in [-0.4, -0.2) is 15.0 Å². The maximum absolute atomic E-state index is 12.1. The van der Waals surface area contributed by atoms with Gasteiger partial charge in [-0.15, -0.1) is 0 Å². The summed E-state index contributed by atoms with van der Waals surface area (Å²) in [7, 11) is 0. The highest BCUT2D eigenvalue weighted by Gasteiger charge is 2.22. The molecule has 1 aliphatic carbocycles. The van der Waals surface area contributed by atoms with E-state index in [4.69, 9.17) is 4.98 Å². The molecule has 0 aliphatic heterocycles. The average Bonchev–Trinajstić information content (AvgIpc) is 2.98. The van der Waals surface area contributed by atoms with Gasteiger partial charge in [-0.25, -0.2) is 4.98 Å². The Morgan fingerprint density at radius 2 is 1.95 bits per heavy atom. The molecule has 2 aromatic heterocycles. The molecule has 1 saturated carbocycles. The summed E-state index contributed by atoms with van der Waals surface area (Å²) < 4.78 is 0.757. The number of hydrogen-bond acceptors (Lipinski definition) is 3. The van der Waals surface area contributed by atoms with Gasteiger partial charge in [0.25, 0.3) is 5.56 Å². The first kappa shape index (κ1) is 13.7. The molecule has 2 heterocycles. The number of halogens is 1. The third-order valence-electron chi connectivity index (χ3n) is 3.80. The van der Waals surface area contributed by atoms with E-state index in [1.54, 1.807) is 12.4 Å². The van der Waals surface area contributed by atoms with Crippen molar-refractivity contribution in [2.24, 2.45) is 0 Å². The molecule has 0 saturated heterocycles. The topological polar surface area (TPSA) is 58.6 Å². The zero-order valence-corrected chi connectivity index (χ0v) is 13.3. The van der Waals surface area contributed by atoms with E-state index < -0.39 is 0 Å². The van der Waals surface area contributed by atoms with Crippen molar-refractivity contribution in [1.82, 2.24) is 15.0 Å². The number of aromatic amines is 1. The number of nitrogens with zero attached hydrogens (tertiary/aromatic N) is 2. The Kier molecular flexibility index (Phi) is 4.14. The van der Waals surface area contributed by atoms with Crippen molar-refractivity contribution in [3.05, 3.63) is 55.5 Å². The first-order chi connectivity index (χ1) is 9.74. The molecule has 20 heavy (non-hydrogen) atoms. The molecule has 1 fully saturated rings. The molecule has 1 N–H and O–H groups in total. The number of nitrogens with one attached hydrogen (secondary N) is 1. The molecule has 0 aromatic carbocycles. The summed E-state index contributed by atoms with van der Waals surface area (Å²) in [5.74, 6) is 1.21. The van der Waals surface area contributed by atoms with Gasteiger partial charge in [0.2, 0.25) is 0 Å². The van der Waals surface area contributed by atoms with Crippen LogP contribution in [0, 0.1) is 3.57 Å². The fourth-order valence-electron chi connectivity index (χ4n) is 2.77. The van der Waals surface area contributed by atoms with E-state index in [1.807, 2.05) is 12.1 Å². The number of rotatable bonds is 3. The normalized spacial score (nSPS) is 15.7. The van der Waals surface area contributed by atoms with Crippen LogP contribution in [0.2, 0.25) is 0 Å². The molecule has 0 atom stereocenters. The largest absolute Gasteiger partial charge is 0.309 e. The van der Waals surface area contributed by atoms with Crippen molar-refractivity contribution < 1.29 is 0 Å². The van der Waals surface area contributed by atoms with Crippen LogP contribution >= 0.6 is 22.6 Å². The summed E-state index contributed by atoms with van der Waals surface area (Å²) in [6, 6.07) is 3.90. The molecule has 0 bridgehead atoms. The Morgan fingerprint density at radius 3 is 2.65 bits per heavy atom. The van der Waals surface area contributed by atoms with Gasteiger partial charge in [-0.3, -0.25) is 9.78 Å². The predicted molar refractivity (Wildman–Crippen MR) is 85.8 cm³/mol. The van der Waals surface area contributed by atoms with Crippen LogP contribution in [0.1, 0.15) is 48.7 Å². The lowest BCUT2D eigenvalue weighted by Crippen LogP contribution is -2.19. The Bertz CT molecular complexity index is 648. The molecule has 104 valence electrons.